The minimum atomic E-state index is 0.0138. The Bertz CT molecular complexity index is 298. The first kappa shape index (κ1) is 6.53. The van der Waals surface area contributed by atoms with E-state index in [4.69, 9.17) is 1.37 Å². The number of fused-ring (bicyclic) bond motifs is 1. The van der Waals surface area contributed by atoms with Gasteiger partial charge in [-0.3, -0.25) is 0 Å². The monoisotopic (exact) mass is 162 g/mol. The minimum Gasteiger partial charge on any atom is -0.385 e. The standard InChI is InChI=1S/C11H15N/c1-2-9-7-8-12-11-6-4-3-5-10(9)11/h3-6,9,12H,2,7-8H2,1H3/i7D. The molecular formula is C11H15N. The smallest absolute Gasteiger partial charge is 0.0375 e. The number of nitrogens with one attached hydrogen (secondary N) is 1. The van der Waals surface area contributed by atoms with Gasteiger partial charge in [0.1, 0.15) is 0 Å². The molecular weight excluding hydrogens is 146 g/mol. The van der Waals surface area contributed by atoms with Crippen LogP contribution in [0, 0.1) is 0 Å². The van der Waals surface area contributed by atoms with Crippen LogP contribution < -0.4 is 5.32 Å². The van der Waals surface area contributed by atoms with E-state index >= 15 is 0 Å². The van der Waals surface area contributed by atoms with E-state index in [1.807, 2.05) is 6.07 Å². The van der Waals surface area contributed by atoms with Gasteiger partial charge in [0.05, 0.1) is 0 Å². The van der Waals surface area contributed by atoms with Gasteiger partial charge in [-0.15, -0.1) is 0 Å². The zero-order valence-corrected chi connectivity index (χ0v) is 7.38. The third-order valence-corrected chi connectivity index (χ3v) is 2.49. The average Bonchev–Trinajstić information content (AvgIpc) is 2.18. The molecule has 0 aromatic heterocycles. The Balaban J connectivity index is 2.39. The van der Waals surface area contributed by atoms with Crippen molar-refractivity contribution in [1.29, 1.82) is 0 Å². The van der Waals surface area contributed by atoms with E-state index in [0.717, 1.165) is 13.0 Å². The Hall–Kier alpha value is -0.980. The van der Waals surface area contributed by atoms with E-state index < -0.39 is 0 Å². The second-order valence-corrected chi connectivity index (χ2v) is 3.22. The molecule has 2 atom stereocenters. The van der Waals surface area contributed by atoms with E-state index in [1.54, 1.807) is 0 Å². The molecule has 1 heteroatoms. The van der Waals surface area contributed by atoms with E-state index in [9.17, 15) is 0 Å². The third kappa shape index (κ3) is 1.20. The number of hydrogen-bond acceptors (Lipinski definition) is 1. The summed E-state index contributed by atoms with van der Waals surface area (Å²) in [5.41, 5.74) is 2.54. The fourth-order valence-corrected chi connectivity index (χ4v) is 1.81. The molecule has 0 saturated carbocycles. The van der Waals surface area contributed by atoms with Gasteiger partial charge in [0.15, 0.2) is 0 Å². The number of para-hydroxylation sites is 1. The summed E-state index contributed by atoms with van der Waals surface area (Å²) >= 11 is 0. The second kappa shape index (κ2) is 3.18. The molecule has 0 saturated heterocycles. The number of anilines is 1. The molecule has 1 aromatic carbocycles. The van der Waals surface area contributed by atoms with Crippen LogP contribution >= 0.6 is 0 Å². The third-order valence-electron chi connectivity index (χ3n) is 2.49. The maximum Gasteiger partial charge on any atom is 0.0375 e. The van der Waals surface area contributed by atoms with Gasteiger partial charge in [0.2, 0.25) is 0 Å². The zero-order chi connectivity index (χ0) is 9.26. The van der Waals surface area contributed by atoms with Gasteiger partial charge in [-0.1, -0.05) is 25.1 Å². The molecule has 0 amide bonds. The van der Waals surface area contributed by atoms with Crippen LogP contribution in [-0.2, 0) is 0 Å². The topological polar surface area (TPSA) is 12.0 Å². The Labute approximate surface area is 75.2 Å². The first-order valence-corrected chi connectivity index (χ1v) is 4.58. The van der Waals surface area contributed by atoms with Crippen molar-refractivity contribution in [2.24, 2.45) is 0 Å². The highest BCUT2D eigenvalue weighted by Gasteiger charge is 2.16. The highest BCUT2D eigenvalue weighted by molar-refractivity contribution is 5.54. The Morgan fingerprint density at radius 2 is 2.42 bits per heavy atom. The van der Waals surface area contributed by atoms with Crippen molar-refractivity contribution in [2.75, 3.05) is 11.9 Å². The van der Waals surface area contributed by atoms with Crippen LogP contribution in [0.5, 0.6) is 0 Å². The van der Waals surface area contributed by atoms with Crippen LogP contribution in [0.15, 0.2) is 24.3 Å². The van der Waals surface area contributed by atoms with Crippen molar-refractivity contribution in [1.82, 2.24) is 0 Å². The first-order valence-electron chi connectivity index (χ1n) is 5.15. The number of rotatable bonds is 1. The molecule has 1 heterocycles. The summed E-state index contributed by atoms with van der Waals surface area (Å²) in [6.07, 6.45) is 1.08. The molecule has 0 radical (unpaired) electrons. The lowest BCUT2D eigenvalue weighted by Gasteiger charge is -2.25. The van der Waals surface area contributed by atoms with E-state index in [2.05, 4.69) is 30.4 Å². The summed E-state index contributed by atoms with van der Waals surface area (Å²) in [6.45, 7) is 2.95. The maximum absolute atomic E-state index is 7.90. The van der Waals surface area contributed by atoms with Crippen molar-refractivity contribution >= 4 is 5.69 Å². The largest absolute Gasteiger partial charge is 0.385 e. The van der Waals surface area contributed by atoms with Crippen molar-refractivity contribution in [3.63, 3.8) is 0 Å². The van der Waals surface area contributed by atoms with E-state index in [0.29, 0.717) is 5.92 Å². The van der Waals surface area contributed by atoms with Crippen LogP contribution in [0.25, 0.3) is 0 Å². The van der Waals surface area contributed by atoms with Gasteiger partial charge in [0, 0.05) is 13.6 Å². The Morgan fingerprint density at radius 3 is 3.25 bits per heavy atom. The summed E-state index contributed by atoms with van der Waals surface area (Å²) in [5, 5.41) is 3.29. The normalized spacial score (nSPS) is 28.6. The summed E-state index contributed by atoms with van der Waals surface area (Å²) in [7, 11) is 0. The molecule has 1 N–H and O–H groups in total. The first-order chi connectivity index (χ1) is 6.33. The van der Waals surface area contributed by atoms with Crippen molar-refractivity contribution in [2.45, 2.75) is 25.7 Å². The van der Waals surface area contributed by atoms with Crippen LogP contribution in [0.1, 0.15) is 32.6 Å². The molecule has 64 valence electrons. The van der Waals surface area contributed by atoms with Crippen LogP contribution in [0.3, 0.4) is 0 Å². The van der Waals surface area contributed by atoms with Gasteiger partial charge in [-0.2, -0.15) is 0 Å². The van der Waals surface area contributed by atoms with E-state index in [-0.39, 0.29) is 6.40 Å². The van der Waals surface area contributed by atoms with Crippen molar-refractivity contribution < 1.29 is 1.37 Å². The lowest BCUT2D eigenvalue weighted by atomic mass is 9.89. The predicted octanol–water partition coefficient (Wildman–Crippen LogP) is 3.00. The molecule has 1 aliphatic rings. The van der Waals surface area contributed by atoms with E-state index in [1.165, 1.54) is 11.3 Å². The van der Waals surface area contributed by atoms with Crippen molar-refractivity contribution in [3.05, 3.63) is 29.8 Å². The number of hydrogen-bond donors (Lipinski definition) is 1. The Kier molecular flexibility index (Phi) is 1.73. The molecule has 0 spiro atoms. The maximum atomic E-state index is 7.90. The second-order valence-electron chi connectivity index (χ2n) is 3.22. The lowest BCUT2D eigenvalue weighted by molar-refractivity contribution is 0.608. The van der Waals surface area contributed by atoms with Crippen LogP contribution in [-0.4, -0.2) is 6.54 Å². The lowest BCUT2D eigenvalue weighted by Crippen LogP contribution is -2.15. The van der Waals surface area contributed by atoms with Crippen molar-refractivity contribution in [3.8, 4) is 0 Å². The highest BCUT2D eigenvalue weighted by atomic mass is 14.9. The fourth-order valence-electron chi connectivity index (χ4n) is 1.81. The quantitative estimate of drug-likeness (QED) is 0.669. The summed E-state index contributed by atoms with van der Waals surface area (Å²) in [6, 6.07) is 8.34. The van der Waals surface area contributed by atoms with Gasteiger partial charge >= 0.3 is 0 Å². The summed E-state index contributed by atoms with van der Waals surface area (Å²) in [4.78, 5) is 0. The molecule has 0 fully saturated rings. The molecule has 2 rings (SSSR count). The molecule has 1 nitrogen and oxygen atoms in total. The van der Waals surface area contributed by atoms with Gasteiger partial charge in [0.25, 0.3) is 0 Å². The number of benzene rings is 1. The minimum absolute atomic E-state index is 0.0138. The van der Waals surface area contributed by atoms with Crippen LogP contribution in [0.2, 0.25) is 0 Å². The fraction of sp³-hybridized carbons (Fsp3) is 0.455. The molecule has 1 aromatic rings. The van der Waals surface area contributed by atoms with Crippen LogP contribution in [0.4, 0.5) is 5.69 Å². The molecule has 1 aliphatic heterocycles. The summed E-state index contributed by atoms with van der Waals surface area (Å²) < 4.78 is 7.90. The Morgan fingerprint density at radius 1 is 1.58 bits per heavy atom. The molecule has 0 bridgehead atoms. The molecule has 2 unspecified atom stereocenters. The zero-order valence-electron chi connectivity index (χ0n) is 8.38. The van der Waals surface area contributed by atoms with Gasteiger partial charge in [-0.25, -0.2) is 0 Å². The molecule has 12 heavy (non-hydrogen) atoms. The summed E-state index contributed by atoms with van der Waals surface area (Å²) in [5.74, 6) is 0.414. The predicted molar refractivity (Wildman–Crippen MR) is 52.6 cm³/mol. The van der Waals surface area contributed by atoms with Gasteiger partial charge < -0.3 is 5.32 Å². The highest BCUT2D eigenvalue weighted by Crippen LogP contribution is 2.32. The molecule has 0 aliphatic carbocycles. The van der Waals surface area contributed by atoms with Gasteiger partial charge in [-0.05, 0) is 30.4 Å². The average molecular weight is 162 g/mol. The SMILES string of the molecule is [2H]C1CNc2ccccc2C1CC.